The Hall–Kier alpha value is -2.50. The van der Waals surface area contributed by atoms with Crippen molar-refractivity contribution in [1.29, 1.82) is 0 Å². The molecule has 0 saturated carbocycles. The second-order valence-corrected chi connectivity index (χ2v) is 7.40. The number of fused-ring (bicyclic) bond motifs is 1. The van der Waals surface area contributed by atoms with E-state index in [2.05, 4.69) is 21.7 Å². The summed E-state index contributed by atoms with van der Waals surface area (Å²) in [6, 6.07) is 17.5. The molecule has 0 spiro atoms. The van der Waals surface area contributed by atoms with Crippen LogP contribution in [0.4, 0.5) is 10.1 Å². The van der Waals surface area contributed by atoms with E-state index in [4.69, 9.17) is 0 Å². The Morgan fingerprint density at radius 3 is 2.62 bits per heavy atom. The molecule has 1 N–H and O–H groups in total. The Balaban J connectivity index is 1.61. The SMILES string of the molecule is O=C(Nc1ccc(F)cc1)C(c1ccccc1)N1CCc2sccc2C1. The quantitative estimate of drug-likeness (QED) is 0.730. The maximum atomic E-state index is 13.1. The van der Waals surface area contributed by atoms with Crippen molar-refractivity contribution in [2.75, 3.05) is 11.9 Å². The van der Waals surface area contributed by atoms with Crippen LogP contribution >= 0.6 is 11.3 Å². The van der Waals surface area contributed by atoms with Gasteiger partial charge in [-0.25, -0.2) is 4.39 Å². The van der Waals surface area contributed by atoms with E-state index in [-0.39, 0.29) is 17.8 Å². The van der Waals surface area contributed by atoms with Gasteiger partial charge < -0.3 is 5.32 Å². The number of carbonyl (C=O) groups is 1. The fourth-order valence-electron chi connectivity index (χ4n) is 3.40. The highest BCUT2D eigenvalue weighted by atomic mass is 32.1. The van der Waals surface area contributed by atoms with E-state index < -0.39 is 0 Å². The highest BCUT2D eigenvalue weighted by Crippen LogP contribution is 2.31. The fourth-order valence-corrected chi connectivity index (χ4v) is 4.29. The molecule has 3 nitrogen and oxygen atoms in total. The van der Waals surface area contributed by atoms with Gasteiger partial charge in [0, 0.05) is 23.7 Å². The van der Waals surface area contributed by atoms with Gasteiger partial charge in [-0.3, -0.25) is 9.69 Å². The number of amides is 1. The summed E-state index contributed by atoms with van der Waals surface area (Å²) in [5.41, 5.74) is 2.87. The summed E-state index contributed by atoms with van der Waals surface area (Å²) in [6.07, 6.45) is 0.958. The van der Waals surface area contributed by atoms with Gasteiger partial charge in [0.05, 0.1) is 0 Å². The van der Waals surface area contributed by atoms with E-state index >= 15 is 0 Å². The molecule has 3 aromatic rings. The number of benzene rings is 2. The van der Waals surface area contributed by atoms with Gasteiger partial charge in [-0.15, -0.1) is 11.3 Å². The number of thiophene rings is 1. The maximum absolute atomic E-state index is 13.1. The molecule has 1 atom stereocenters. The number of anilines is 1. The second-order valence-electron chi connectivity index (χ2n) is 6.40. The van der Waals surface area contributed by atoms with Gasteiger partial charge in [0.25, 0.3) is 0 Å². The molecule has 2 aromatic carbocycles. The smallest absolute Gasteiger partial charge is 0.246 e. The Labute approximate surface area is 156 Å². The summed E-state index contributed by atoms with van der Waals surface area (Å²) in [7, 11) is 0. The first-order chi connectivity index (χ1) is 12.7. The van der Waals surface area contributed by atoms with Crippen LogP contribution in [0.5, 0.6) is 0 Å². The van der Waals surface area contributed by atoms with Crippen LogP contribution in [0.2, 0.25) is 0 Å². The molecular weight excluding hydrogens is 347 g/mol. The van der Waals surface area contributed by atoms with Crippen LogP contribution in [0.25, 0.3) is 0 Å². The van der Waals surface area contributed by atoms with Crippen molar-refractivity contribution in [3.63, 3.8) is 0 Å². The lowest BCUT2D eigenvalue weighted by atomic mass is 10.0. The maximum Gasteiger partial charge on any atom is 0.246 e. The molecule has 1 aliphatic heterocycles. The van der Waals surface area contributed by atoms with Crippen molar-refractivity contribution in [3.8, 4) is 0 Å². The Bertz CT molecular complexity index is 892. The normalized spacial score (nSPS) is 15.3. The Morgan fingerprint density at radius 2 is 1.85 bits per heavy atom. The Kier molecular flexibility index (Phi) is 4.82. The molecule has 26 heavy (non-hydrogen) atoms. The summed E-state index contributed by atoms with van der Waals surface area (Å²) in [6.45, 7) is 1.60. The third kappa shape index (κ3) is 3.54. The number of halogens is 1. The van der Waals surface area contributed by atoms with E-state index in [1.165, 1.54) is 22.6 Å². The van der Waals surface area contributed by atoms with Crippen LogP contribution in [-0.2, 0) is 17.8 Å². The van der Waals surface area contributed by atoms with Crippen LogP contribution in [-0.4, -0.2) is 17.4 Å². The number of nitrogens with zero attached hydrogens (tertiary/aromatic N) is 1. The van der Waals surface area contributed by atoms with Gasteiger partial charge in [-0.05, 0) is 53.3 Å². The molecule has 0 radical (unpaired) electrons. The number of hydrogen-bond donors (Lipinski definition) is 1. The topological polar surface area (TPSA) is 32.3 Å². The van der Waals surface area contributed by atoms with E-state index in [9.17, 15) is 9.18 Å². The first-order valence-electron chi connectivity index (χ1n) is 8.61. The van der Waals surface area contributed by atoms with E-state index in [1.54, 1.807) is 23.5 Å². The molecule has 1 aliphatic rings. The molecule has 1 aromatic heterocycles. The zero-order chi connectivity index (χ0) is 17.9. The average Bonchev–Trinajstić information content (AvgIpc) is 3.13. The lowest BCUT2D eigenvalue weighted by molar-refractivity contribution is -0.121. The number of nitrogens with one attached hydrogen (secondary N) is 1. The lowest BCUT2D eigenvalue weighted by Gasteiger charge is -2.34. The van der Waals surface area contributed by atoms with Crippen molar-refractivity contribution in [2.45, 2.75) is 19.0 Å². The Morgan fingerprint density at radius 1 is 1.08 bits per heavy atom. The molecule has 0 fully saturated rings. The molecule has 0 saturated heterocycles. The summed E-state index contributed by atoms with van der Waals surface area (Å²) in [5.74, 6) is -0.412. The second kappa shape index (κ2) is 7.40. The van der Waals surface area contributed by atoms with Crippen LogP contribution in [0.3, 0.4) is 0 Å². The van der Waals surface area contributed by atoms with Crippen LogP contribution < -0.4 is 5.32 Å². The van der Waals surface area contributed by atoms with Gasteiger partial charge in [0.15, 0.2) is 0 Å². The third-order valence-corrected chi connectivity index (χ3v) is 5.70. The monoisotopic (exact) mass is 366 g/mol. The largest absolute Gasteiger partial charge is 0.324 e. The minimum Gasteiger partial charge on any atom is -0.324 e. The van der Waals surface area contributed by atoms with E-state index in [1.807, 2.05) is 30.3 Å². The molecule has 4 rings (SSSR count). The molecule has 5 heteroatoms. The van der Waals surface area contributed by atoms with Crippen LogP contribution in [0, 0.1) is 5.82 Å². The highest BCUT2D eigenvalue weighted by molar-refractivity contribution is 7.10. The summed E-state index contributed by atoms with van der Waals surface area (Å²) >= 11 is 1.78. The van der Waals surface area contributed by atoms with E-state index in [0.29, 0.717) is 5.69 Å². The first-order valence-corrected chi connectivity index (χ1v) is 9.49. The van der Waals surface area contributed by atoms with Crippen LogP contribution in [0.15, 0.2) is 66.0 Å². The van der Waals surface area contributed by atoms with Crippen molar-refractivity contribution >= 4 is 22.9 Å². The summed E-state index contributed by atoms with van der Waals surface area (Å²) in [5, 5.41) is 5.05. The molecule has 0 bridgehead atoms. The van der Waals surface area contributed by atoms with Crippen molar-refractivity contribution < 1.29 is 9.18 Å². The van der Waals surface area contributed by atoms with Gasteiger partial charge >= 0.3 is 0 Å². The zero-order valence-corrected chi connectivity index (χ0v) is 15.0. The van der Waals surface area contributed by atoms with Crippen molar-refractivity contribution in [2.24, 2.45) is 0 Å². The van der Waals surface area contributed by atoms with Gasteiger partial charge in [0.1, 0.15) is 11.9 Å². The molecule has 1 unspecified atom stereocenters. The standard InChI is InChI=1S/C21H19FN2OS/c22-17-6-8-18(9-7-17)23-21(25)20(15-4-2-1-3-5-15)24-12-10-19-16(14-24)11-13-26-19/h1-9,11,13,20H,10,12,14H2,(H,23,25). The number of rotatable bonds is 4. The molecule has 1 amide bonds. The summed E-state index contributed by atoms with van der Waals surface area (Å²) < 4.78 is 13.1. The predicted octanol–water partition coefficient (Wildman–Crippen LogP) is 4.63. The third-order valence-electron chi connectivity index (χ3n) is 4.68. The van der Waals surface area contributed by atoms with Gasteiger partial charge in [-0.2, -0.15) is 0 Å². The highest BCUT2D eigenvalue weighted by Gasteiger charge is 2.30. The van der Waals surface area contributed by atoms with Crippen molar-refractivity contribution in [3.05, 3.63) is 87.9 Å². The minimum absolute atomic E-state index is 0.0958. The first kappa shape index (κ1) is 16.9. The zero-order valence-electron chi connectivity index (χ0n) is 14.2. The molecular formula is C21H19FN2OS. The average molecular weight is 366 g/mol. The lowest BCUT2D eigenvalue weighted by Crippen LogP contribution is -2.40. The summed E-state index contributed by atoms with van der Waals surface area (Å²) in [4.78, 5) is 16.7. The van der Waals surface area contributed by atoms with Gasteiger partial charge in [-0.1, -0.05) is 30.3 Å². The molecule has 2 heterocycles. The molecule has 0 aliphatic carbocycles. The molecule has 132 valence electrons. The predicted molar refractivity (Wildman–Crippen MR) is 103 cm³/mol. The van der Waals surface area contributed by atoms with Gasteiger partial charge in [0.2, 0.25) is 5.91 Å². The van der Waals surface area contributed by atoms with Crippen LogP contribution in [0.1, 0.15) is 22.0 Å². The number of carbonyl (C=O) groups excluding carboxylic acids is 1. The fraction of sp³-hybridized carbons (Fsp3) is 0.190. The number of hydrogen-bond acceptors (Lipinski definition) is 3. The van der Waals surface area contributed by atoms with Crippen molar-refractivity contribution in [1.82, 2.24) is 4.90 Å². The van der Waals surface area contributed by atoms with E-state index in [0.717, 1.165) is 25.1 Å². The minimum atomic E-state index is -0.380.